The molecule has 7 heteroatoms. The van der Waals surface area contributed by atoms with Gasteiger partial charge in [-0.15, -0.1) is 0 Å². The second kappa shape index (κ2) is 5.52. The summed E-state index contributed by atoms with van der Waals surface area (Å²) >= 11 is 0. The highest BCUT2D eigenvalue weighted by Crippen LogP contribution is 2.14. The summed E-state index contributed by atoms with van der Waals surface area (Å²) in [6.07, 6.45) is 1.67. The maximum absolute atomic E-state index is 12.2. The fourth-order valence-electron chi connectivity index (χ4n) is 1.82. The van der Waals surface area contributed by atoms with Crippen molar-refractivity contribution in [2.45, 2.75) is 6.54 Å². The van der Waals surface area contributed by atoms with Crippen LogP contribution in [0.2, 0.25) is 0 Å². The minimum atomic E-state index is -0.492. The van der Waals surface area contributed by atoms with E-state index in [0.717, 1.165) is 5.69 Å². The van der Waals surface area contributed by atoms with Gasteiger partial charge in [0.25, 0.3) is 11.6 Å². The summed E-state index contributed by atoms with van der Waals surface area (Å²) in [5.41, 5.74) is 1.29. The number of non-ortho nitro benzene ring substituents is 1. The SMILES string of the molecule is CN(Cc1ccnn1C)C(=O)c1ccc([N+](=O)[O-])cc1. The lowest BCUT2D eigenvalue weighted by atomic mass is 10.2. The molecule has 1 amide bonds. The zero-order chi connectivity index (χ0) is 14.7. The second-order valence-corrected chi connectivity index (χ2v) is 4.41. The van der Waals surface area contributed by atoms with Crippen LogP contribution in [-0.2, 0) is 13.6 Å². The molecule has 0 fully saturated rings. The lowest BCUT2D eigenvalue weighted by Crippen LogP contribution is -2.27. The second-order valence-electron chi connectivity index (χ2n) is 4.41. The van der Waals surface area contributed by atoms with Gasteiger partial charge in [0, 0.05) is 38.0 Å². The van der Waals surface area contributed by atoms with E-state index in [1.807, 2.05) is 6.07 Å². The van der Waals surface area contributed by atoms with Gasteiger partial charge < -0.3 is 4.90 Å². The fourth-order valence-corrected chi connectivity index (χ4v) is 1.82. The largest absolute Gasteiger partial charge is 0.336 e. The van der Waals surface area contributed by atoms with Gasteiger partial charge >= 0.3 is 0 Å². The molecule has 20 heavy (non-hydrogen) atoms. The third-order valence-corrected chi connectivity index (χ3v) is 2.99. The van der Waals surface area contributed by atoms with E-state index < -0.39 is 4.92 Å². The molecule has 104 valence electrons. The number of hydrogen-bond donors (Lipinski definition) is 0. The van der Waals surface area contributed by atoms with E-state index in [2.05, 4.69) is 5.10 Å². The summed E-state index contributed by atoms with van der Waals surface area (Å²) in [4.78, 5) is 23.8. The molecular formula is C13H14N4O3. The van der Waals surface area contributed by atoms with Crippen LogP contribution in [0.3, 0.4) is 0 Å². The van der Waals surface area contributed by atoms with Crippen LogP contribution in [0.25, 0.3) is 0 Å². The van der Waals surface area contributed by atoms with Crippen molar-refractivity contribution in [3.63, 3.8) is 0 Å². The van der Waals surface area contributed by atoms with Crippen molar-refractivity contribution in [1.29, 1.82) is 0 Å². The summed E-state index contributed by atoms with van der Waals surface area (Å²) in [5.74, 6) is -0.193. The molecule has 0 aliphatic carbocycles. The van der Waals surface area contributed by atoms with Crippen molar-refractivity contribution in [2.24, 2.45) is 7.05 Å². The first kappa shape index (κ1) is 13.7. The fraction of sp³-hybridized carbons (Fsp3) is 0.231. The monoisotopic (exact) mass is 274 g/mol. The molecule has 0 bridgehead atoms. The molecular weight excluding hydrogens is 260 g/mol. The van der Waals surface area contributed by atoms with Crippen molar-refractivity contribution < 1.29 is 9.72 Å². The summed E-state index contributed by atoms with van der Waals surface area (Å²) < 4.78 is 1.69. The van der Waals surface area contributed by atoms with E-state index in [1.165, 1.54) is 29.2 Å². The number of carbonyl (C=O) groups excluding carboxylic acids is 1. The molecule has 0 aliphatic heterocycles. The molecule has 7 nitrogen and oxygen atoms in total. The zero-order valence-corrected chi connectivity index (χ0v) is 11.2. The highest BCUT2D eigenvalue weighted by Gasteiger charge is 2.14. The van der Waals surface area contributed by atoms with Gasteiger partial charge in [-0.05, 0) is 18.2 Å². The maximum Gasteiger partial charge on any atom is 0.269 e. The Hall–Kier alpha value is -2.70. The summed E-state index contributed by atoms with van der Waals surface area (Å²) in [6.45, 7) is 0.423. The van der Waals surface area contributed by atoms with E-state index in [0.29, 0.717) is 12.1 Å². The molecule has 0 saturated carbocycles. The lowest BCUT2D eigenvalue weighted by Gasteiger charge is -2.17. The third-order valence-electron chi connectivity index (χ3n) is 2.99. The van der Waals surface area contributed by atoms with Crippen LogP contribution >= 0.6 is 0 Å². The average molecular weight is 274 g/mol. The number of amides is 1. The van der Waals surface area contributed by atoms with Crippen LogP contribution in [0, 0.1) is 10.1 Å². The molecule has 1 heterocycles. The van der Waals surface area contributed by atoms with Crippen molar-refractivity contribution in [3.8, 4) is 0 Å². The van der Waals surface area contributed by atoms with Gasteiger partial charge in [0.1, 0.15) is 0 Å². The Morgan fingerprint density at radius 3 is 2.50 bits per heavy atom. The molecule has 0 spiro atoms. The van der Waals surface area contributed by atoms with E-state index >= 15 is 0 Å². The number of hydrogen-bond acceptors (Lipinski definition) is 4. The topological polar surface area (TPSA) is 81.3 Å². The highest BCUT2D eigenvalue weighted by atomic mass is 16.6. The molecule has 1 aromatic carbocycles. The first-order valence-corrected chi connectivity index (χ1v) is 5.96. The minimum absolute atomic E-state index is 0.0316. The van der Waals surface area contributed by atoms with Gasteiger partial charge in [-0.3, -0.25) is 19.6 Å². The number of nitrogens with zero attached hydrogens (tertiary/aromatic N) is 4. The molecule has 0 N–H and O–H groups in total. The average Bonchev–Trinajstić information content (AvgIpc) is 2.83. The molecule has 2 aromatic rings. The predicted molar refractivity (Wildman–Crippen MR) is 72.1 cm³/mol. The standard InChI is InChI=1S/C13H14N4O3/c1-15(9-12-7-8-14-16(12)2)13(18)10-3-5-11(6-4-10)17(19)20/h3-8H,9H2,1-2H3. The summed E-state index contributed by atoms with van der Waals surface area (Å²) in [5, 5.41) is 14.6. The number of nitro groups is 1. The van der Waals surface area contributed by atoms with E-state index in [-0.39, 0.29) is 11.6 Å². The van der Waals surface area contributed by atoms with Crippen LogP contribution in [0.5, 0.6) is 0 Å². The molecule has 0 atom stereocenters. The van der Waals surface area contributed by atoms with Crippen LogP contribution in [0.4, 0.5) is 5.69 Å². The van der Waals surface area contributed by atoms with Gasteiger partial charge in [0.05, 0.1) is 17.2 Å². The molecule has 0 saturated heterocycles. The Balaban J connectivity index is 2.10. The minimum Gasteiger partial charge on any atom is -0.336 e. The van der Waals surface area contributed by atoms with Crippen LogP contribution in [0.1, 0.15) is 16.1 Å². The lowest BCUT2D eigenvalue weighted by molar-refractivity contribution is -0.384. The first-order chi connectivity index (χ1) is 9.49. The van der Waals surface area contributed by atoms with Gasteiger partial charge in [-0.1, -0.05) is 0 Å². The highest BCUT2D eigenvalue weighted by molar-refractivity contribution is 5.94. The van der Waals surface area contributed by atoms with Gasteiger partial charge in [-0.2, -0.15) is 5.10 Å². The number of aryl methyl sites for hydroxylation is 1. The third kappa shape index (κ3) is 2.82. The number of rotatable bonds is 4. The van der Waals surface area contributed by atoms with Crippen molar-refractivity contribution in [2.75, 3.05) is 7.05 Å². The van der Waals surface area contributed by atoms with Crippen molar-refractivity contribution in [3.05, 3.63) is 57.9 Å². The quantitative estimate of drug-likeness (QED) is 0.626. The molecule has 0 unspecified atom stereocenters. The Morgan fingerprint density at radius 1 is 1.35 bits per heavy atom. The summed E-state index contributed by atoms with van der Waals surface area (Å²) in [7, 11) is 3.48. The van der Waals surface area contributed by atoms with E-state index in [9.17, 15) is 14.9 Å². The van der Waals surface area contributed by atoms with Crippen molar-refractivity contribution in [1.82, 2.24) is 14.7 Å². The Morgan fingerprint density at radius 2 is 2.00 bits per heavy atom. The molecule has 0 radical (unpaired) electrons. The number of aromatic nitrogens is 2. The zero-order valence-electron chi connectivity index (χ0n) is 11.2. The Kier molecular flexibility index (Phi) is 3.79. The molecule has 1 aromatic heterocycles. The van der Waals surface area contributed by atoms with Crippen molar-refractivity contribution >= 4 is 11.6 Å². The molecule has 2 rings (SSSR count). The van der Waals surface area contributed by atoms with Crippen LogP contribution in [0.15, 0.2) is 36.5 Å². The Bertz CT molecular complexity index is 633. The van der Waals surface area contributed by atoms with Gasteiger partial charge in [0.15, 0.2) is 0 Å². The van der Waals surface area contributed by atoms with Crippen LogP contribution in [-0.4, -0.2) is 32.6 Å². The number of carbonyl (C=O) groups is 1. The predicted octanol–water partition coefficient (Wildman–Crippen LogP) is 1.60. The summed E-state index contributed by atoms with van der Waals surface area (Å²) in [6, 6.07) is 7.40. The van der Waals surface area contributed by atoms with Gasteiger partial charge in [0.2, 0.25) is 0 Å². The van der Waals surface area contributed by atoms with Gasteiger partial charge in [-0.25, -0.2) is 0 Å². The maximum atomic E-state index is 12.2. The van der Waals surface area contributed by atoms with E-state index in [1.54, 1.807) is 25.0 Å². The normalized spacial score (nSPS) is 10.3. The van der Waals surface area contributed by atoms with Crippen LogP contribution < -0.4 is 0 Å². The number of benzene rings is 1. The smallest absolute Gasteiger partial charge is 0.269 e. The molecule has 0 aliphatic rings. The Labute approximate surface area is 115 Å². The van der Waals surface area contributed by atoms with E-state index in [4.69, 9.17) is 0 Å². The number of nitro benzene ring substituents is 1. The first-order valence-electron chi connectivity index (χ1n) is 5.96.